The summed E-state index contributed by atoms with van der Waals surface area (Å²) in [5.41, 5.74) is 4.38. The molecule has 1 saturated carbocycles. The summed E-state index contributed by atoms with van der Waals surface area (Å²) in [7, 11) is 3.36. The average molecular weight is 841 g/mol. The van der Waals surface area contributed by atoms with E-state index in [9.17, 15) is 24.4 Å². The minimum atomic E-state index is -0.769. The first kappa shape index (κ1) is 41.3. The number of para-hydroxylation sites is 1. The number of imide groups is 1. The van der Waals surface area contributed by atoms with Crippen molar-refractivity contribution in [3.63, 3.8) is 0 Å². The lowest BCUT2D eigenvalue weighted by Gasteiger charge is -2.48. The number of hydrogen-bond acceptors (Lipinski definition) is 10. The maximum absolute atomic E-state index is 13.5. The van der Waals surface area contributed by atoms with E-state index in [1.54, 1.807) is 49.4 Å². The Labute approximate surface area is 361 Å². The zero-order chi connectivity index (χ0) is 43.3. The lowest BCUT2D eigenvalue weighted by Crippen LogP contribution is -2.48. The fourth-order valence-corrected chi connectivity index (χ4v) is 10.5. The molecule has 0 bridgehead atoms. The van der Waals surface area contributed by atoms with Gasteiger partial charge in [-0.05, 0) is 126 Å². The summed E-state index contributed by atoms with van der Waals surface area (Å²) in [5, 5.41) is 20.9. The number of pyridine rings is 1. The number of anilines is 2. The molecule has 3 aliphatic heterocycles. The second kappa shape index (κ2) is 16.4. The van der Waals surface area contributed by atoms with E-state index in [-0.39, 0.29) is 23.9 Å². The summed E-state index contributed by atoms with van der Waals surface area (Å²) in [6.07, 6.45) is 14.9. The normalized spacial score (nSPS) is 22.2. The number of likely N-dealkylation sites (tertiary alicyclic amines) is 1. The number of carbonyl (C=O) groups is 3. The summed E-state index contributed by atoms with van der Waals surface area (Å²) in [6.45, 7) is 8.86. The molecule has 3 saturated heterocycles. The van der Waals surface area contributed by atoms with Gasteiger partial charge in [-0.15, -0.1) is 0 Å². The molecule has 1 unspecified atom stereocenters. The Hall–Kier alpha value is -6.01. The Morgan fingerprint density at radius 1 is 1.00 bits per heavy atom. The molecule has 15 heteroatoms. The monoisotopic (exact) mass is 840 g/mol. The van der Waals surface area contributed by atoms with Gasteiger partial charge in [-0.3, -0.25) is 38.5 Å². The molecule has 4 aliphatic rings. The van der Waals surface area contributed by atoms with Gasteiger partial charge in [0, 0.05) is 63.1 Å². The number of hydrogen-bond donors (Lipinski definition) is 2. The van der Waals surface area contributed by atoms with Crippen LogP contribution in [0.3, 0.4) is 0 Å². The third kappa shape index (κ3) is 7.74. The highest BCUT2D eigenvalue weighted by molar-refractivity contribution is 6.06. The van der Waals surface area contributed by atoms with Crippen LogP contribution >= 0.6 is 0 Å². The first-order valence-corrected chi connectivity index (χ1v) is 22.1. The predicted octanol–water partition coefficient (Wildman–Crippen LogP) is 6.24. The number of nitriles is 1. The molecule has 1 spiro atoms. The van der Waals surface area contributed by atoms with Crippen molar-refractivity contribution in [2.24, 2.45) is 18.4 Å². The Balaban J connectivity index is 0.776. The molecule has 6 heterocycles. The number of amides is 3. The van der Waals surface area contributed by atoms with Crippen molar-refractivity contribution < 1.29 is 19.1 Å². The van der Waals surface area contributed by atoms with Crippen LogP contribution in [0.2, 0.25) is 0 Å². The molecule has 9 rings (SSSR count). The van der Waals surface area contributed by atoms with Gasteiger partial charge in [-0.25, -0.2) is 4.79 Å². The van der Waals surface area contributed by atoms with E-state index in [2.05, 4.69) is 48.4 Å². The molecule has 15 nitrogen and oxygen atoms in total. The van der Waals surface area contributed by atoms with Gasteiger partial charge in [0.25, 0.3) is 5.91 Å². The molecular formula is C47H56N10O5. The smallest absolute Gasteiger partial charge is 0.329 e. The van der Waals surface area contributed by atoms with E-state index in [1.807, 2.05) is 24.3 Å². The molecule has 0 radical (unpaired) electrons. The zero-order valence-electron chi connectivity index (χ0n) is 36.2. The second-order valence-corrected chi connectivity index (χ2v) is 18.7. The number of carbonyl (C=O) groups excluding carboxylic acids is 3. The molecule has 1 atom stereocenters. The number of nitrogens with zero attached hydrogens (tertiary/aromatic N) is 8. The third-order valence-corrected chi connectivity index (χ3v) is 14.5. The number of imidazole rings is 1. The van der Waals surface area contributed by atoms with Crippen LogP contribution in [0, 0.1) is 22.7 Å². The number of ether oxygens (including phenoxy) is 1. The Morgan fingerprint density at radius 2 is 1.74 bits per heavy atom. The van der Waals surface area contributed by atoms with Crippen molar-refractivity contribution in [3.05, 3.63) is 76.6 Å². The first-order chi connectivity index (χ1) is 29.8. The Kier molecular flexibility index (Phi) is 10.9. The lowest BCUT2D eigenvalue weighted by molar-refractivity contribution is -0.135. The van der Waals surface area contributed by atoms with E-state index in [4.69, 9.17) is 9.84 Å². The first-order valence-electron chi connectivity index (χ1n) is 22.1. The van der Waals surface area contributed by atoms with E-state index in [0.29, 0.717) is 46.4 Å². The summed E-state index contributed by atoms with van der Waals surface area (Å²) in [6, 6.07) is 13.4. The highest BCUT2D eigenvalue weighted by Crippen LogP contribution is 2.44. The minimum absolute atomic E-state index is 0.223. The van der Waals surface area contributed by atoms with Gasteiger partial charge in [0.15, 0.2) is 0 Å². The van der Waals surface area contributed by atoms with Crippen LogP contribution in [0.25, 0.3) is 21.9 Å². The predicted molar refractivity (Wildman–Crippen MR) is 236 cm³/mol. The van der Waals surface area contributed by atoms with Crippen LogP contribution in [-0.2, 0) is 22.1 Å². The summed E-state index contributed by atoms with van der Waals surface area (Å²) in [4.78, 5) is 60.8. The van der Waals surface area contributed by atoms with Crippen molar-refractivity contribution in [1.29, 1.82) is 5.26 Å². The van der Waals surface area contributed by atoms with Gasteiger partial charge in [0.2, 0.25) is 11.8 Å². The number of methoxy groups -OCH3 is 1. The van der Waals surface area contributed by atoms with Gasteiger partial charge < -0.3 is 19.9 Å². The average Bonchev–Trinajstić information content (AvgIpc) is 3.81. The number of rotatable bonds is 9. The van der Waals surface area contributed by atoms with Crippen molar-refractivity contribution in [3.8, 4) is 11.8 Å². The van der Waals surface area contributed by atoms with Crippen LogP contribution in [0.1, 0.15) is 106 Å². The molecule has 2 N–H and O–H groups in total. The molecule has 4 fully saturated rings. The largest absolute Gasteiger partial charge is 0.494 e. The molecule has 324 valence electrons. The lowest BCUT2D eigenvalue weighted by atomic mass is 9.71. The van der Waals surface area contributed by atoms with Crippen molar-refractivity contribution in [1.82, 2.24) is 34.1 Å². The quantitative estimate of drug-likeness (QED) is 0.162. The molecule has 3 amide bonds. The number of aromatic nitrogens is 5. The molecule has 62 heavy (non-hydrogen) atoms. The van der Waals surface area contributed by atoms with Gasteiger partial charge in [-0.2, -0.15) is 10.4 Å². The van der Waals surface area contributed by atoms with Gasteiger partial charge in [-0.1, -0.05) is 6.07 Å². The summed E-state index contributed by atoms with van der Waals surface area (Å²) in [5.74, 6) is 0.167. The van der Waals surface area contributed by atoms with Crippen molar-refractivity contribution in [2.45, 2.75) is 95.6 Å². The number of nitrogens with one attached hydrogen (secondary N) is 2. The maximum atomic E-state index is 13.5. The molecule has 5 aromatic rings. The van der Waals surface area contributed by atoms with Gasteiger partial charge >= 0.3 is 5.69 Å². The summed E-state index contributed by atoms with van der Waals surface area (Å²) >= 11 is 0. The molecule has 2 aromatic carbocycles. The highest BCUT2D eigenvalue weighted by atomic mass is 16.5. The number of fused-ring (bicyclic) bond motifs is 2. The van der Waals surface area contributed by atoms with Crippen LogP contribution in [-0.4, -0.2) is 86.4 Å². The Morgan fingerprint density at radius 3 is 2.45 bits per heavy atom. The second-order valence-electron chi connectivity index (χ2n) is 18.7. The zero-order valence-corrected chi connectivity index (χ0v) is 36.2. The van der Waals surface area contributed by atoms with Crippen LogP contribution < -0.4 is 26.0 Å². The molecule has 1 aliphatic carbocycles. The van der Waals surface area contributed by atoms with Crippen molar-refractivity contribution in [2.75, 3.05) is 50.1 Å². The SMILES string of the molecule is COc1cc2nn([C@H]3CC[C@H](CN4CCC5(CC4)CCN(c4cccc6c4n(C)c(=O)n6C4CCC(=O)NC4=O)CC5)CC3)cc2cc1NC(=O)c1cncc(C(C)(C)C#N)c1. The van der Waals surface area contributed by atoms with Gasteiger partial charge in [0.05, 0.1) is 58.1 Å². The standard InChI is InChI=1S/C47H56N10O5/c1-46(2,29-48)33-22-31(25-49-26-33)43(59)50-36-23-32-28-56(52-35(32)24-40(36)62-4)34-10-8-30(9-11-34)27-54-18-14-47(15-19-54)16-20-55(21-17-47)37-6-5-7-38-42(37)53(3)45(61)57(38)39-12-13-41(58)51-44(39)60/h5-7,22-26,28,30,34,39H,8-21,27H2,1-4H3,(H,50,59)(H,51,58,60)/t30-,34-,39?. The fourth-order valence-electron chi connectivity index (χ4n) is 10.5. The van der Waals surface area contributed by atoms with E-state index < -0.39 is 17.4 Å². The molecular weight excluding hydrogens is 785 g/mol. The number of piperidine rings is 3. The topological polar surface area (TPSA) is 172 Å². The highest BCUT2D eigenvalue weighted by Gasteiger charge is 2.39. The van der Waals surface area contributed by atoms with Crippen LogP contribution in [0.5, 0.6) is 5.75 Å². The van der Waals surface area contributed by atoms with E-state index in [1.165, 1.54) is 19.0 Å². The van der Waals surface area contributed by atoms with Crippen LogP contribution in [0.4, 0.5) is 11.4 Å². The summed E-state index contributed by atoms with van der Waals surface area (Å²) < 4.78 is 11.0. The number of aryl methyl sites for hydroxylation is 1. The number of benzene rings is 2. The Bertz CT molecular complexity index is 2640. The van der Waals surface area contributed by atoms with Gasteiger partial charge in [0.1, 0.15) is 11.8 Å². The third-order valence-electron chi connectivity index (χ3n) is 14.5. The van der Waals surface area contributed by atoms with E-state index in [0.717, 1.165) is 98.9 Å². The fraction of sp³-hybridized carbons (Fsp3) is 0.511. The minimum Gasteiger partial charge on any atom is -0.494 e. The van der Waals surface area contributed by atoms with Crippen LogP contribution in [0.15, 0.2) is 59.8 Å². The van der Waals surface area contributed by atoms with Crippen molar-refractivity contribution >= 4 is 51.0 Å². The molecule has 3 aromatic heterocycles. The maximum Gasteiger partial charge on any atom is 0.329 e. The van der Waals surface area contributed by atoms with E-state index >= 15 is 0 Å².